The van der Waals surface area contributed by atoms with Gasteiger partial charge in [-0.15, -0.1) is 21.5 Å². The lowest BCUT2D eigenvalue weighted by Crippen LogP contribution is -2.37. The highest BCUT2D eigenvalue weighted by Crippen LogP contribution is 2.22. The van der Waals surface area contributed by atoms with E-state index in [1.165, 1.54) is 11.3 Å². The fourth-order valence-corrected chi connectivity index (χ4v) is 4.39. The molecule has 1 saturated heterocycles. The summed E-state index contributed by atoms with van der Waals surface area (Å²) >= 11 is 1.43. The molecule has 9 heteroatoms. The number of aromatic nitrogens is 4. The van der Waals surface area contributed by atoms with E-state index >= 15 is 0 Å². The number of likely N-dealkylation sites (tertiary alicyclic amines) is 1. The lowest BCUT2D eigenvalue weighted by atomic mass is 9.97. The van der Waals surface area contributed by atoms with Crippen molar-refractivity contribution in [3.8, 4) is 0 Å². The molecule has 0 N–H and O–H groups in total. The van der Waals surface area contributed by atoms with E-state index in [0.717, 1.165) is 37.3 Å². The number of hydrogen-bond donors (Lipinski definition) is 0. The highest BCUT2D eigenvalue weighted by atomic mass is 32.1. The maximum atomic E-state index is 12.4. The number of thiophene rings is 1. The highest BCUT2D eigenvalue weighted by molar-refractivity contribution is 7.17. The number of carbonyl (C=O) groups excluding carboxylic acids is 1. The van der Waals surface area contributed by atoms with E-state index < -0.39 is 0 Å². The molecule has 0 unspecified atom stereocenters. The molecule has 0 atom stereocenters. The number of ether oxygens (including phenoxy) is 1. The first kappa shape index (κ1) is 17.2. The number of esters is 1. The number of carbonyl (C=O) groups is 1. The van der Waals surface area contributed by atoms with Gasteiger partial charge < -0.3 is 4.74 Å². The number of aryl methyl sites for hydroxylation is 1. The van der Waals surface area contributed by atoms with Crippen molar-refractivity contribution in [1.82, 2.24) is 24.1 Å². The Morgan fingerprint density at radius 3 is 2.85 bits per heavy atom. The predicted molar refractivity (Wildman–Crippen MR) is 98.2 cm³/mol. The topological polar surface area (TPSA) is 81.7 Å². The van der Waals surface area contributed by atoms with Gasteiger partial charge in [0.2, 0.25) is 5.78 Å². The Hall–Kier alpha value is -2.26. The Bertz CT molecular complexity index is 1010. The SMILES string of the molecule is CCOC(=O)C1CCN(Cc2nnc3n(C)c(=O)c4sccc4n23)CC1. The summed E-state index contributed by atoms with van der Waals surface area (Å²) in [7, 11) is 1.72. The van der Waals surface area contributed by atoms with Gasteiger partial charge in [0.15, 0.2) is 5.82 Å². The molecule has 1 aliphatic heterocycles. The van der Waals surface area contributed by atoms with Gasteiger partial charge >= 0.3 is 5.97 Å². The van der Waals surface area contributed by atoms with E-state index in [-0.39, 0.29) is 17.4 Å². The van der Waals surface area contributed by atoms with Crippen molar-refractivity contribution in [2.75, 3.05) is 19.7 Å². The molecule has 8 nitrogen and oxygen atoms in total. The molecule has 0 aliphatic carbocycles. The number of fused-ring (bicyclic) bond motifs is 3. The fourth-order valence-electron chi connectivity index (χ4n) is 3.54. The standard InChI is InChI=1S/C17H21N5O3S/c1-3-25-16(24)11-4-7-21(8-5-11)10-13-18-19-17-20(2)15(23)14-12(22(13)17)6-9-26-14/h6,9,11H,3-5,7-8,10H2,1-2H3. The molecule has 1 fully saturated rings. The molecule has 0 radical (unpaired) electrons. The Labute approximate surface area is 154 Å². The van der Waals surface area contributed by atoms with Gasteiger partial charge in [0.25, 0.3) is 5.56 Å². The third-order valence-corrected chi connectivity index (χ3v) is 5.86. The van der Waals surface area contributed by atoms with Crippen LogP contribution in [0, 0.1) is 5.92 Å². The van der Waals surface area contributed by atoms with Gasteiger partial charge in [-0.3, -0.25) is 23.5 Å². The van der Waals surface area contributed by atoms with Crippen LogP contribution in [0.15, 0.2) is 16.2 Å². The van der Waals surface area contributed by atoms with Crippen LogP contribution in [0.1, 0.15) is 25.6 Å². The minimum Gasteiger partial charge on any atom is -0.466 e. The zero-order valence-corrected chi connectivity index (χ0v) is 15.7. The van der Waals surface area contributed by atoms with E-state index in [4.69, 9.17) is 4.74 Å². The number of rotatable bonds is 4. The van der Waals surface area contributed by atoms with Gasteiger partial charge in [-0.05, 0) is 44.3 Å². The smallest absolute Gasteiger partial charge is 0.309 e. The molecule has 1 aliphatic rings. The first-order chi connectivity index (χ1) is 12.6. The van der Waals surface area contributed by atoms with Crippen molar-refractivity contribution in [2.24, 2.45) is 13.0 Å². The summed E-state index contributed by atoms with van der Waals surface area (Å²) in [5.74, 6) is 1.27. The van der Waals surface area contributed by atoms with Crippen LogP contribution < -0.4 is 5.56 Å². The lowest BCUT2D eigenvalue weighted by Gasteiger charge is -2.30. The largest absolute Gasteiger partial charge is 0.466 e. The zero-order chi connectivity index (χ0) is 18.3. The molecular formula is C17H21N5O3S. The molecule has 4 heterocycles. The molecule has 3 aromatic rings. The van der Waals surface area contributed by atoms with Gasteiger partial charge in [-0.1, -0.05) is 0 Å². The normalized spacial score (nSPS) is 16.5. The summed E-state index contributed by atoms with van der Waals surface area (Å²) in [6, 6.07) is 1.94. The van der Waals surface area contributed by atoms with Gasteiger partial charge in [-0.2, -0.15) is 0 Å². The second-order valence-electron chi connectivity index (χ2n) is 6.55. The maximum absolute atomic E-state index is 12.4. The molecule has 3 aromatic heterocycles. The Balaban J connectivity index is 1.58. The monoisotopic (exact) mass is 375 g/mol. The molecule has 0 bridgehead atoms. The van der Waals surface area contributed by atoms with Crippen LogP contribution in [0.5, 0.6) is 0 Å². The summed E-state index contributed by atoms with van der Waals surface area (Å²) in [5, 5.41) is 10.5. The Kier molecular flexibility index (Phi) is 4.49. The molecule has 0 saturated carbocycles. The van der Waals surface area contributed by atoms with Gasteiger partial charge in [0.1, 0.15) is 4.70 Å². The average molecular weight is 375 g/mol. The van der Waals surface area contributed by atoms with Crippen molar-refractivity contribution in [3.05, 3.63) is 27.6 Å². The minimum absolute atomic E-state index is 0.00857. The van der Waals surface area contributed by atoms with E-state index in [1.54, 1.807) is 11.6 Å². The first-order valence-electron chi connectivity index (χ1n) is 8.79. The third kappa shape index (κ3) is 2.80. The van der Waals surface area contributed by atoms with Crippen molar-refractivity contribution in [3.63, 3.8) is 0 Å². The van der Waals surface area contributed by atoms with E-state index in [2.05, 4.69) is 15.1 Å². The number of nitrogens with zero attached hydrogens (tertiary/aromatic N) is 5. The Morgan fingerprint density at radius 1 is 1.35 bits per heavy atom. The van der Waals surface area contributed by atoms with E-state index in [1.807, 2.05) is 22.8 Å². The summed E-state index contributed by atoms with van der Waals surface area (Å²) in [5.41, 5.74) is 0.811. The van der Waals surface area contributed by atoms with Gasteiger partial charge in [0.05, 0.1) is 24.6 Å². The summed E-state index contributed by atoms with van der Waals surface area (Å²) in [6.45, 7) is 4.54. The Morgan fingerprint density at radius 2 is 2.12 bits per heavy atom. The van der Waals surface area contributed by atoms with Crippen LogP contribution in [0.25, 0.3) is 16.0 Å². The molecule has 26 heavy (non-hydrogen) atoms. The van der Waals surface area contributed by atoms with E-state index in [0.29, 0.717) is 23.6 Å². The quantitative estimate of drug-likeness (QED) is 0.642. The average Bonchev–Trinajstić information content (AvgIpc) is 3.27. The van der Waals surface area contributed by atoms with Crippen LogP contribution in [0.3, 0.4) is 0 Å². The molecular weight excluding hydrogens is 354 g/mol. The lowest BCUT2D eigenvalue weighted by molar-refractivity contribution is -0.149. The van der Waals surface area contributed by atoms with E-state index in [9.17, 15) is 9.59 Å². The van der Waals surface area contributed by atoms with Crippen molar-refractivity contribution in [2.45, 2.75) is 26.3 Å². The van der Waals surface area contributed by atoms with Crippen molar-refractivity contribution in [1.29, 1.82) is 0 Å². The minimum atomic E-state index is -0.0879. The summed E-state index contributed by atoms with van der Waals surface area (Å²) in [4.78, 5) is 26.6. The zero-order valence-electron chi connectivity index (χ0n) is 14.8. The van der Waals surface area contributed by atoms with Crippen LogP contribution in [0.2, 0.25) is 0 Å². The predicted octanol–water partition coefficient (Wildman–Crippen LogP) is 1.42. The number of hydrogen-bond acceptors (Lipinski definition) is 7. The fraction of sp³-hybridized carbons (Fsp3) is 0.529. The molecule has 0 aromatic carbocycles. The second-order valence-corrected chi connectivity index (χ2v) is 7.47. The highest BCUT2D eigenvalue weighted by Gasteiger charge is 2.27. The van der Waals surface area contributed by atoms with Crippen LogP contribution in [0.4, 0.5) is 0 Å². The third-order valence-electron chi connectivity index (χ3n) is 4.97. The first-order valence-corrected chi connectivity index (χ1v) is 9.67. The van der Waals surface area contributed by atoms with Gasteiger partial charge in [-0.25, -0.2) is 0 Å². The van der Waals surface area contributed by atoms with Crippen LogP contribution in [-0.4, -0.2) is 49.7 Å². The molecule has 0 spiro atoms. The van der Waals surface area contributed by atoms with Crippen molar-refractivity contribution < 1.29 is 9.53 Å². The molecule has 0 amide bonds. The van der Waals surface area contributed by atoms with Gasteiger partial charge in [0, 0.05) is 7.05 Å². The second kappa shape index (κ2) is 6.81. The van der Waals surface area contributed by atoms with Crippen LogP contribution >= 0.6 is 11.3 Å². The van der Waals surface area contributed by atoms with Crippen molar-refractivity contribution >= 4 is 33.3 Å². The van der Waals surface area contributed by atoms with Crippen LogP contribution in [-0.2, 0) is 23.1 Å². The number of piperidine rings is 1. The summed E-state index contributed by atoms with van der Waals surface area (Å²) in [6.07, 6.45) is 1.59. The molecule has 4 rings (SSSR count). The molecule has 138 valence electrons. The maximum Gasteiger partial charge on any atom is 0.309 e. The summed E-state index contributed by atoms with van der Waals surface area (Å²) < 4.78 is 9.35.